The van der Waals surface area contributed by atoms with Crippen LogP contribution in [-0.2, 0) is 9.59 Å². The normalized spacial score (nSPS) is 24.3. The van der Waals surface area contributed by atoms with E-state index in [0.29, 0.717) is 4.47 Å². The molecule has 8 nitrogen and oxygen atoms in total. The van der Waals surface area contributed by atoms with Crippen molar-refractivity contribution in [3.8, 4) is 5.75 Å². The second kappa shape index (κ2) is 7.33. The van der Waals surface area contributed by atoms with Gasteiger partial charge in [-0.2, -0.15) is 10.1 Å². The molecular weight excluding hydrogens is 502 g/mol. The minimum Gasteiger partial charge on any atom is -0.502 e. The molecule has 1 aliphatic heterocycles. The molecule has 0 radical (unpaired) electrons. The van der Waals surface area contributed by atoms with Crippen molar-refractivity contribution in [3.63, 3.8) is 0 Å². The van der Waals surface area contributed by atoms with Gasteiger partial charge in [-0.25, -0.2) is 0 Å². The SMILES string of the molecule is O=C1[C@@H]2C3c4ccccc4C(c4ccccc43)[C@H]2C(=O)N1/N=C\c1cc(Br)cc([N+](=O)[O-])c1O. The number of imide groups is 1. The monoisotopic (exact) mass is 517 g/mol. The van der Waals surface area contributed by atoms with Gasteiger partial charge in [-0.1, -0.05) is 64.5 Å². The predicted molar refractivity (Wildman–Crippen MR) is 125 cm³/mol. The van der Waals surface area contributed by atoms with E-state index >= 15 is 0 Å². The molecule has 0 spiro atoms. The fourth-order valence-electron chi connectivity index (χ4n) is 5.74. The second-order valence-electron chi connectivity index (χ2n) is 8.62. The Morgan fingerprint density at radius 3 is 1.82 bits per heavy atom. The third-order valence-electron chi connectivity index (χ3n) is 7.02. The number of nitro groups is 1. The number of carbonyl (C=O) groups excluding carboxylic acids is 2. The van der Waals surface area contributed by atoms with Crippen LogP contribution in [0.5, 0.6) is 5.75 Å². The van der Waals surface area contributed by atoms with Gasteiger partial charge in [-0.15, -0.1) is 0 Å². The Hall–Kier alpha value is -3.85. The minimum absolute atomic E-state index is 0.0195. The Labute approximate surface area is 201 Å². The van der Waals surface area contributed by atoms with Crippen LogP contribution in [0.4, 0.5) is 5.69 Å². The number of hydrogen-bond acceptors (Lipinski definition) is 6. The van der Waals surface area contributed by atoms with Gasteiger partial charge in [-0.3, -0.25) is 19.7 Å². The van der Waals surface area contributed by atoms with Gasteiger partial charge in [-0.05, 0) is 28.3 Å². The van der Waals surface area contributed by atoms with Crippen molar-refractivity contribution < 1.29 is 19.6 Å². The first-order valence-corrected chi connectivity index (χ1v) is 11.4. The lowest BCUT2D eigenvalue weighted by Crippen LogP contribution is -2.41. The molecule has 1 saturated heterocycles. The molecule has 0 aromatic heterocycles. The topological polar surface area (TPSA) is 113 Å². The molecule has 3 aromatic carbocycles. The molecule has 168 valence electrons. The molecule has 7 rings (SSSR count). The van der Waals surface area contributed by atoms with E-state index in [-0.39, 0.29) is 17.4 Å². The van der Waals surface area contributed by atoms with Gasteiger partial charge in [0.15, 0.2) is 0 Å². The van der Waals surface area contributed by atoms with Gasteiger partial charge in [0, 0.05) is 27.9 Å². The van der Waals surface area contributed by atoms with Crippen molar-refractivity contribution >= 4 is 39.6 Å². The molecule has 9 heteroatoms. The molecule has 1 N–H and O–H groups in total. The average Bonchev–Trinajstić information content (AvgIpc) is 3.09. The summed E-state index contributed by atoms with van der Waals surface area (Å²) in [5.74, 6) is -3.06. The number of rotatable bonds is 3. The number of nitrogens with zero attached hydrogens (tertiary/aromatic N) is 3. The second-order valence-corrected chi connectivity index (χ2v) is 9.53. The quantitative estimate of drug-likeness (QED) is 0.241. The van der Waals surface area contributed by atoms with Crippen LogP contribution in [0.15, 0.2) is 70.2 Å². The van der Waals surface area contributed by atoms with E-state index in [1.165, 1.54) is 12.1 Å². The summed E-state index contributed by atoms with van der Waals surface area (Å²) in [7, 11) is 0. The summed E-state index contributed by atoms with van der Waals surface area (Å²) in [5.41, 5.74) is 3.73. The van der Waals surface area contributed by atoms with E-state index in [0.717, 1.165) is 33.5 Å². The summed E-state index contributed by atoms with van der Waals surface area (Å²) in [4.78, 5) is 37.5. The maximum Gasteiger partial charge on any atom is 0.312 e. The zero-order chi connectivity index (χ0) is 23.7. The van der Waals surface area contributed by atoms with Crippen LogP contribution in [-0.4, -0.2) is 33.1 Å². The number of aromatic hydroxyl groups is 1. The zero-order valence-corrected chi connectivity index (χ0v) is 19.0. The molecule has 3 aliphatic carbocycles. The van der Waals surface area contributed by atoms with Crippen molar-refractivity contribution in [2.75, 3.05) is 0 Å². The first-order valence-electron chi connectivity index (χ1n) is 10.6. The first-order chi connectivity index (χ1) is 16.4. The number of carbonyl (C=O) groups is 2. The van der Waals surface area contributed by atoms with Crippen molar-refractivity contribution in [2.45, 2.75) is 11.8 Å². The lowest BCUT2D eigenvalue weighted by Gasteiger charge is -2.45. The van der Waals surface area contributed by atoms with Gasteiger partial charge in [0.25, 0.3) is 11.8 Å². The number of hydrogen-bond donors (Lipinski definition) is 1. The standard InChI is InChI=1S/C25H16BrN3O5/c26-13-9-12(23(30)18(10-13)29(33)34)11-27-28-24(31)21-19-14-5-1-2-6-15(14)20(22(21)25(28)32)17-8-4-3-7-16(17)19/h1-11,19-22,30H/b27-11-/t19?,20?,21-,22-/m1/s1. The highest BCUT2D eigenvalue weighted by atomic mass is 79.9. The lowest BCUT2D eigenvalue weighted by molar-refractivity contribution is -0.385. The van der Waals surface area contributed by atoms with Crippen LogP contribution in [0.25, 0.3) is 0 Å². The third kappa shape index (κ3) is 2.73. The van der Waals surface area contributed by atoms with E-state index in [4.69, 9.17) is 0 Å². The number of benzene rings is 3. The predicted octanol–water partition coefficient (Wildman–Crippen LogP) is 4.29. The molecule has 34 heavy (non-hydrogen) atoms. The molecule has 2 amide bonds. The fourth-order valence-corrected chi connectivity index (χ4v) is 6.20. The Morgan fingerprint density at radius 2 is 1.38 bits per heavy atom. The number of phenolic OH excluding ortho intramolecular Hbond substituents is 1. The van der Waals surface area contributed by atoms with E-state index in [1.54, 1.807) is 0 Å². The van der Waals surface area contributed by atoms with Crippen LogP contribution < -0.4 is 0 Å². The summed E-state index contributed by atoms with van der Waals surface area (Å²) in [5, 5.41) is 26.5. The largest absolute Gasteiger partial charge is 0.502 e. The van der Waals surface area contributed by atoms with Crippen molar-refractivity contribution in [1.82, 2.24) is 5.01 Å². The van der Waals surface area contributed by atoms with Gasteiger partial charge < -0.3 is 5.11 Å². The van der Waals surface area contributed by atoms with Crippen LogP contribution in [0, 0.1) is 22.0 Å². The van der Waals surface area contributed by atoms with Gasteiger partial charge in [0.1, 0.15) is 0 Å². The zero-order valence-electron chi connectivity index (χ0n) is 17.5. The Kier molecular flexibility index (Phi) is 4.47. The number of halogens is 1. The highest BCUT2D eigenvalue weighted by Crippen LogP contribution is 2.60. The lowest BCUT2D eigenvalue weighted by atomic mass is 9.55. The van der Waals surface area contributed by atoms with E-state index < -0.39 is 40.0 Å². The molecule has 2 atom stereocenters. The first kappa shape index (κ1) is 20.7. The van der Waals surface area contributed by atoms with Crippen molar-refractivity contribution in [2.24, 2.45) is 16.9 Å². The Bertz CT molecular complexity index is 1340. The van der Waals surface area contributed by atoms with Crippen LogP contribution >= 0.6 is 15.9 Å². The summed E-state index contributed by atoms with van der Waals surface area (Å²) < 4.78 is 0.357. The highest BCUT2D eigenvalue weighted by molar-refractivity contribution is 9.10. The van der Waals surface area contributed by atoms with Gasteiger partial charge >= 0.3 is 5.69 Å². The maximum atomic E-state index is 13.5. The third-order valence-corrected chi connectivity index (χ3v) is 7.48. The number of nitro benzene ring substituents is 1. The highest BCUT2D eigenvalue weighted by Gasteiger charge is 2.61. The molecule has 4 aliphatic rings. The number of phenols is 1. The molecule has 1 heterocycles. The molecular formula is C25H16BrN3O5. The smallest absolute Gasteiger partial charge is 0.312 e. The molecule has 3 aromatic rings. The maximum absolute atomic E-state index is 13.5. The van der Waals surface area contributed by atoms with Crippen molar-refractivity contribution in [3.05, 3.63) is 103 Å². The number of hydrazone groups is 1. The molecule has 0 unspecified atom stereocenters. The molecule has 1 fully saturated rings. The Balaban J connectivity index is 1.43. The molecule has 0 saturated carbocycles. The summed E-state index contributed by atoms with van der Waals surface area (Å²) >= 11 is 3.17. The van der Waals surface area contributed by atoms with Crippen LogP contribution in [0.2, 0.25) is 0 Å². The average molecular weight is 518 g/mol. The van der Waals surface area contributed by atoms with E-state index in [9.17, 15) is 24.8 Å². The van der Waals surface area contributed by atoms with Gasteiger partial charge in [0.05, 0.1) is 23.0 Å². The van der Waals surface area contributed by atoms with Crippen LogP contribution in [0.1, 0.15) is 39.7 Å². The van der Waals surface area contributed by atoms with Crippen LogP contribution in [0.3, 0.4) is 0 Å². The van der Waals surface area contributed by atoms with E-state index in [1.807, 2.05) is 48.5 Å². The Morgan fingerprint density at radius 1 is 0.912 bits per heavy atom. The fraction of sp³-hybridized carbons (Fsp3) is 0.160. The summed E-state index contributed by atoms with van der Waals surface area (Å²) in [6.07, 6.45) is 1.11. The van der Waals surface area contributed by atoms with Crippen molar-refractivity contribution in [1.29, 1.82) is 0 Å². The van der Waals surface area contributed by atoms with Gasteiger partial charge in [0.2, 0.25) is 5.75 Å². The number of amides is 2. The minimum atomic E-state index is -0.718. The molecule has 2 bridgehead atoms. The summed E-state index contributed by atoms with van der Waals surface area (Å²) in [6.45, 7) is 0. The van der Waals surface area contributed by atoms with E-state index in [2.05, 4.69) is 21.0 Å². The summed E-state index contributed by atoms with van der Waals surface area (Å²) in [6, 6.07) is 18.4.